The molecule has 0 amide bonds. The van der Waals surface area contributed by atoms with Gasteiger partial charge in [-0.3, -0.25) is 10.2 Å². The van der Waals surface area contributed by atoms with Crippen LogP contribution in [0.4, 0.5) is 5.69 Å². The van der Waals surface area contributed by atoms with Crippen LogP contribution in [0.3, 0.4) is 0 Å². The first-order chi connectivity index (χ1) is 12.1. The number of nitrogens with zero attached hydrogens (tertiary/aromatic N) is 3. The molecule has 126 valence electrons. The average Bonchev–Trinajstić information content (AvgIpc) is 2.62. The summed E-state index contributed by atoms with van der Waals surface area (Å²) in [5.41, 5.74) is 3.93. The van der Waals surface area contributed by atoms with Gasteiger partial charge in [0.05, 0.1) is 22.6 Å². The molecule has 1 aromatic heterocycles. The summed E-state index contributed by atoms with van der Waals surface area (Å²) in [4.78, 5) is 12.3. The maximum Gasteiger partial charge on any atom is 0.292 e. The summed E-state index contributed by atoms with van der Waals surface area (Å²) in [5.74, 6) is 0.141. The van der Waals surface area contributed by atoms with E-state index in [0.29, 0.717) is 15.8 Å². The van der Waals surface area contributed by atoms with E-state index in [9.17, 15) is 9.90 Å². The van der Waals surface area contributed by atoms with Crippen molar-refractivity contribution >= 4 is 39.4 Å². The molecule has 0 radical (unpaired) electrons. The van der Waals surface area contributed by atoms with Gasteiger partial charge in [-0.1, -0.05) is 29.8 Å². The van der Waals surface area contributed by atoms with Gasteiger partial charge in [0.2, 0.25) is 0 Å². The summed E-state index contributed by atoms with van der Waals surface area (Å²) >= 11 is 9.35. The molecule has 0 aliphatic rings. The van der Waals surface area contributed by atoms with Gasteiger partial charge in [0.25, 0.3) is 5.56 Å². The Bertz CT molecular complexity index is 990. The zero-order valence-electron chi connectivity index (χ0n) is 12.7. The molecule has 0 saturated carbocycles. The highest BCUT2D eigenvalue weighted by atomic mass is 79.9. The number of phenols is 1. The van der Waals surface area contributed by atoms with E-state index in [-0.39, 0.29) is 10.8 Å². The van der Waals surface area contributed by atoms with E-state index in [2.05, 4.69) is 31.6 Å². The van der Waals surface area contributed by atoms with Gasteiger partial charge in [-0.2, -0.15) is 14.9 Å². The van der Waals surface area contributed by atoms with E-state index >= 15 is 0 Å². The summed E-state index contributed by atoms with van der Waals surface area (Å²) in [6.07, 6.45) is 2.96. The maximum atomic E-state index is 12.3. The lowest BCUT2D eigenvalue weighted by Gasteiger charge is -2.07. The molecule has 0 atom stereocenters. The lowest BCUT2D eigenvalue weighted by atomic mass is 10.2. The van der Waals surface area contributed by atoms with Crippen LogP contribution in [0, 0.1) is 0 Å². The van der Waals surface area contributed by atoms with Crippen molar-refractivity contribution < 1.29 is 5.11 Å². The lowest BCUT2D eigenvalue weighted by Crippen LogP contribution is -2.22. The van der Waals surface area contributed by atoms with Gasteiger partial charge in [-0.25, -0.2) is 0 Å². The summed E-state index contributed by atoms with van der Waals surface area (Å²) in [7, 11) is 0. The third-order valence-corrected chi connectivity index (χ3v) is 4.29. The number of aromatic hydroxyl groups is 1. The number of nitrogens with one attached hydrogen (secondary N) is 1. The number of phenolic OH excluding ortho intramolecular Hbond substituents is 1. The number of hydrazone groups is 1. The predicted molar refractivity (Wildman–Crippen MR) is 102 cm³/mol. The first kappa shape index (κ1) is 17.2. The van der Waals surface area contributed by atoms with Crippen LogP contribution in [0.25, 0.3) is 5.69 Å². The number of benzene rings is 2. The third-order valence-electron chi connectivity index (χ3n) is 3.29. The molecule has 6 nitrogen and oxygen atoms in total. The molecule has 0 unspecified atom stereocenters. The molecule has 3 aromatic rings. The number of para-hydroxylation sites is 1. The van der Waals surface area contributed by atoms with E-state index in [4.69, 9.17) is 11.6 Å². The maximum absolute atomic E-state index is 12.3. The second-order valence-corrected chi connectivity index (χ2v) is 6.24. The van der Waals surface area contributed by atoms with Gasteiger partial charge in [-0.15, -0.1) is 0 Å². The Labute approximate surface area is 156 Å². The average molecular weight is 420 g/mol. The molecule has 0 bridgehead atoms. The van der Waals surface area contributed by atoms with Crippen molar-refractivity contribution in [1.82, 2.24) is 9.78 Å². The number of hydrogen-bond donors (Lipinski definition) is 2. The monoisotopic (exact) mass is 418 g/mol. The van der Waals surface area contributed by atoms with Crippen LogP contribution in [0.1, 0.15) is 5.56 Å². The van der Waals surface area contributed by atoms with Gasteiger partial charge < -0.3 is 5.11 Å². The van der Waals surface area contributed by atoms with E-state index < -0.39 is 5.56 Å². The van der Waals surface area contributed by atoms with Crippen molar-refractivity contribution in [2.75, 3.05) is 5.43 Å². The second-order valence-electron chi connectivity index (χ2n) is 5.01. The number of rotatable bonds is 4. The van der Waals surface area contributed by atoms with Crippen LogP contribution in [0.5, 0.6) is 5.75 Å². The highest BCUT2D eigenvalue weighted by Crippen LogP contribution is 2.23. The molecule has 25 heavy (non-hydrogen) atoms. The fraction of sp³-hybridized carbons (Fsp3) is 0. The number of anilines is 1. The molecule has 0 spiro atoms. The van der Waals surface area contributed by atoms with E-state index in [1.807, 2.05) is 18.2 Å². The van der Waals surface area contributed by atoms with Gasteiger partial charge in [0, 0.05) is 0 Å². The minimum absolute atomic E-state index is 0.0112. The van der Waals surface area contributed by atoms with E-state index in [0.717, 1.165) is 5.56 Å². The van der Waals surface area contributed by atoms with Crippen LogP contribution in [-0.4, -0.2) is 21.1 Å². The van der Waals surface area contributed by atoms with Crippen molar-refractivity contribution in [2.24, 2.45) is 5.10 Å². The molecule has 2 aromatic carbocycles. The fourth-order valence-electron chi connectivity index (χ4n) is 2.04. The molecule has 0 fully saturated rings. The Morgan fingerprint density at radius 1 is 1.24 bits per heavy atom. The molecule has 0 aliphatic carbocycles. The van der Waals surface area contributed by atoms with Crippen LogP contribution in [-0.2, 0) is 0 Å². The van der Waals surface area contributed by atoms with Crippen LogP contribution in [0.2, 0.25) is 5.02 Å². The van der Waals surface area contributed by atoms with Gasteiger partial charge in [-0.05, 0) is 51.8 Å². The molecular weight excluding hydrogens is 408 g/mol. The largest absolute Gasteiger partial charge is 0.507 e. The molecule has 0 saturated heterocycles. The molecule has 2 N–H and O–H groups in total. The molecular formula is C17H12BrClN4O2. The summed E-state index contributed by atoms with van der Waals surface area (Å²) in [6.45, 7) is 0. The molecule has 0 aliphatic heterocycles. The Hall–Kier alpha value is -2.64. The quantitative estimate of drug-likeness (QED) is 0.498. The van der Waals surface area contributed by atoms with Crippen molar-refractivity contribution in [3.8, 4) is 11.4 Å². The molecule has 1 heterocycles. The minimum atomic E-state index is -0.444. The summed E-state index contributed by atoms with van der Waals surface area (Å²) in [6, 6.07) is 13.9. The van der Waals surface area contributed by atoms with Crippen molar-refractivity contribution in [3.05, 3.63) is 80.1 Å². The number of halogens is 2. The Morgan fingerprint density at radius 2 is 2.00 bits per heavy atom. The fourth-order valence-corrected chi connectivity index (χ4v) is 2.61. The predicted octanol–water partition coefficient (Wildman–Crippen LogP) is 3.80. The third kappa shape index (κ3) is 3.89. The first-order valence-corrected chi connectivity index (χ1v) is 8.34. The molecule has 3 rings (SSSR count). The second kappa shape index (κ2) is 7.50. The SMILES string of the molecule is O=c1c(Cl)c(N/N=C\c2ccc(O)c(Br)c2)cnn1-c1ccccc1. The Morgan fingerprint density at radius 3 is 2.72 bits per heavy atom. The van der Waals surface area contributed by atoms with Crippen LogP contribution >= 0.6 is 27.5 Å². The summed E-state index contributed by atoms with van der Waals surface area (Å²) < 4.78 is 1.77. The smallest absolute Gasteiger partial charge is 0.292 e. The number of hydrogen-bond acceptors (Lipinski definition) is 5. The van der Waals surface area contributed by atoms with E-state index in [1.54, 1.807) is 30.3 Å². The Kier molecular flexibility index (Phi) is 5.16. The minimum Gasteiger partial charge on any atom is -0.507 e. The van der Waals surface area contributed by atoms with E-state index in [1.165, 1.54) is 17.1 Å². The molecule has 8 heteroatoms. The van der Waals surface area contributed by atoms with Crippen molar-refractivity contribution in [3.63, 3.8) is 0 Å². The standard InChI is InChI=1S/C17H12BrClN4O2/c18-13-8-11(6-7-15(13)24)9-20-22-14-10-21-23(17(25)16(14)19)12-4-2-1-3-5-12/h1-10,22,24H/b20-9-. The Balaban J connectivity index is 1.82. The van der Waals surface area contributed by atoms with Crippen LogP contribution in [0.15, 0.2) is 69.1 Å². The first-order valence-electron chi connectivity index (χ1n) is 7.17. The topological polar surface area (TPSA) is 79.5 Å². The highest BCUT2D eigenvalue weighted by molar-refractivity contribution is 9.10. The normalized spacial score (nSPS) is 11.0. The number of aromatic nitrogens is 2. The van der Waals surface area contributed by atoms with Gasteiger partial charge in [0.1, 0.15) is 16.5 Å². The lowest BCUT2D eigenvalue weighted by molar-refractivity contribution is 0.472. The van der Waals surface area contributed by atoms with Gasteiger partial charge in [0.15, 0.2) is 0 Å². The zero-order valence-corrected chi connectivity index (χ0v) is 15.1. The zero-order chi connectivity index (χ0) is 17.8. The van der Waals surface area contributed by atoms with Crippen molar-refractivity contribution in [2.45, 2.75) is 0 Å². The van der Waals surface area contributed by atoms with Crippen LogP contribution < -0.4 is 11.0 Å². The van der Waals surface area contributed by atoms with Crippen molar-refractivity contribution in [1.29, 1.82) is 0 Å². The summed E-state index contributed by atoms with van der Waals surface area (Å²) in [5, 5.41) is 17.6. The van der Waals surface area contributed by atoms with Gasteiger partial charge >= 0.3 is 0 Å². The highest BCUT2D eigenvalue weighted by Gasteiger charge is 2.09.